The quantitative estimate of drug-likeness (QED) is 0.351. The van der Waals surface area contributed by atoms with E-state index in [1.807, 2.05) is 49.4 Å². The minimum absolute atomic E-state index is 0.785. The van der Waals surface area contributed by atoms with E-state index in [2.05, 4.69) is 63.1 Å². The fourth-order valence-electron chi connectivity index (χ4n) is 3.04. The van der Waals surface area contributed by atoms with Gasteiger partial charge in [-0.3, -0.25) is 9.55 Å². The first kappa shape index (κ1) is 18.1. The van der Waals surface area contributed by atoms with Crippen LogP contribution in [0.4, 0.5) is 0 Å². The Morgan fingerprint density at radius 1 is 0.893 bits per heavy atom. The molecule has 2 aromatic heterocycles. The number of rotatable bonds is 4. The SMILES string of the molecule is C/C(=N\N=c1/sc(C)c(-c2ccccc2)n1-c1ccccc1)c1ccccn1. The van der Waals surface area contributed by atoms with Crippen molar-refractivity contribution in [1.29, 1.82) is 0 Å². The molecule has 2 aromatic carbocycles. The number of benzene rings is 2. The highest BCUT2D eigenvalue weighted by atomic mass is 32.1. The van der Waals surface area contributed by atoms with Crippen LogP contribution in [0.25, 0.3) is 16.9 Å². The van der Waals surface area contributed by atoms with E-state index >= 15 is 0 Å². The molecule has 4 nitrogen and oxygen atoms in total. The molecule has 0 aliphatic heterocycles. The van der Waals surface area contributed by atoms with Gasteiger partial charge < -0.3 is 0 Å². The van der Waals surface area contributed by atoms with E-state index in [-0.39, 0.29) is 0 Å². The van der Waals surface area contributed by atoms with Gasteiger partial charge >= 0.3 is 0 Å². The molecule has 0 atom stereocenters. The standard InChI is InChI=1S/C23H20N4S/c1-17(21-15-9-10-16-24-21)25-26-23-27(20-13-7-4-8-14-20)22(18(2)28-23)19-11-5-3-6-12-19/h3-16H,1-2H3/b25-17+,26-23-. The molecule has 4 rings (SSSR count). The third kappa shape index (κ3) is 3.70. The normalized spacial score (nSPS) is 12.4. The lowest BCUT2D eigenvalue weighted by Gasteiger charge is -2.10. The molecule has 0 N–H and O–H groups in total. The second kappa shape index (κ2) is 8.15. The van der Waals surface area contributed by atoms with Gasteiger partial charge in [0.05, 0.1) is 17.1 Å². The van der Waals surface area contributed by atoms with Crippen molar-refractivity contribution in [3.63, 3.8) is 0 Å². The Morgan fingerprint density at radius 2 is 1.57 bits per heavy atom. The summed E-state index contributed by atoms with van der Waals surface area (Å²) in [7, 11) is 0. The molecule has 0 aliphatic carbocycles. The van der Waals surface area contributed by atoms with Gasteiger partial charge in [-0.15, -0.1) is 5.10 Å². The summed E-state index contributed by atoms with van der Waals surface area (Å²) in [5.74, 6) is 0. The molecule has 0 unspecified atom stereocenters. The molecule has 0 amide bonds. The number of pyridine rings is 1. The Kier molecular flexibility index (Phi) is 5.26. The van der Waals surface area contributed by atoms with Gasteiger partial charge in [0.25, 0.3) is 0 Å². The van der Waals surface area contributed by atoms with Crippen molar-refractivity contribution >= 4 is 17.0 Å². The number of thiazole rings is 1. The van der Waals surface area contributed by atoms with Crippen molar-refractivity contribution in [3.8, 4) is 16.9 Å². The number of aryl methyl sites for hydroxylation is 1. The smallest absolute Gasteiger partial charge is 0.215 e. The summed E-state index contributed by atoms with van der Waals surface area (Å²) in [6, 6.07) is 26.5. The molecule has 2 heterocycles. The maximum atomic E-state index is 4.60. The molecule has 4 aromatic rings. The van der Waals surface area contributed by atoms with Crippen LogP contribution in [0, 0.1) is 6.92 Å². The molecular weight excluding hydrogens is 364 g/mol. The van der Waals surface area contributed by atoms with E-state index < -0.39 is 0 Å². The summed E-state index contributed by atoms with van der Waals surface area (Å²) in [6.07, 6.45) is 1.77. The Bertz CT molecular complexity index is 1160. The summed E-state index contributed by atoms with van der Waals surface area (Å²) >= 11 is 1.64. The first-order chi connectivity index (χ1) is 13.7. The second-order valence-corrected chi connectivity index (χ2v) is 7.51. The van der Waals surface area contributed by atoms with Crippen molar-refractivity contribution < 1.29 is 0 Å². The maximum Gasteiger partial charge on any atom is 0.215 e. The van der Waals surface area contributed by atoms with Crippen LogP contribution in [0.3, 0.4) is 0 Å². The Morgan fingerprint density at radius 3 is 2.25 bits per heavy atom. The first-order valence-electron chi connectivity index (χ1n) is 9.07. The number of hydrogen-bond acceptors (Lipinski definition) is 4. The van der Waals surface area contributed by atoms with Crippen LogP contribution in [-0.4, -0.2) is 15.3 Å². The predicted octanol–water partition coefficient (Wildman–Crippen LogP) is 5.23. The lowest BCUT2D eigenvalue weighted by Crippen LogP contribution is -2.14. The molecule has 0 radical (unpaired) electrons. The topological polar surface area (TPSA) is 42.5 Å². The van der Waals surface area contributed by atoms with E-state index in [1.54, 1.807) is 17.5 Å². The third-order valence-electron chi connectivity index (χ3n) is 4.38. The number of aromatic nitrogens is 2. The zero-order chi connectivity index (χ0) is 19.3. The zero-order valence-electron chi connectivity index (χ0n) is 15.8. The monoisotopic (exact) mass is 384 g/mol. The second-order valence-electron chi connectivity index (χ2n) is 6.33. The van der Waals surface area contributed by atoms with Gasteiger partial charge in [-0.1, -0.05) is 65.9 Å². The average molecular weight is 385 g/mol. The number of nitrogens with zero attached hydrogens (tertiary/aromatic N) is 4. The summed E-state index contributed by atoms with van der Waals surface area (Å²) in [5, 5.41) is 9.06. The maximum absolute atomic E-state index is 4.60. The van der Waals surface area contributed by atoms with E-state index in [1.165, 1.54) is 4.88 Å². The fraction of sp³-hybridized carbons (Fsp3) is 0.0870. The largest absolute Gasteiger partial charge is 0.283 e. The van der Waals surface area contributed by atoms with Crippen LogP contribution in [0.1, 0.15) is 17.5 Å². The molecule has 0 saturated carbocycles. The number of para-hydroxylation sites is 1. The van der Waals surface area contributed by atoms with E-state index in [0.29, 0.717) is 0 Å². The van der Waals surface area contributed by atoms with E-state index in [4.69, 9.17) is 0 Å². The Labute approximate surface area is 168 Å². The first-order valence-corrected chi connectivity index (χ1v) is 9.88. The lowest BCUT2D eigenvalue weighted by atomic mass is 10.1. The lowest BCUT2D eigenvalue weighted by molar-refractivity contribution is 0.966. The van der Waals surface area contributed by atoms with Crippen LogP contribution in [0.2, 0.25) is 0 Å². The molecule has 0 aliphatic rings. The summed E-state index contributed by atoms with van der Waals surface area (Å²) in [6.45, 7) is 4.05. The highest BCUT2D eigenvalue weighted by Crippen LogP contribution is 2.27. The Balaban J connectivity index is 1.91. The molecule has 28 heavy (non-hydrogen) atoms. The van der Waals surface area contributed by atoms with Crippen molar-refractivity contribution in [1.82, 2.24) is 9.55 Å². The molecule has 0 bridgehead atoms. The van der Waals surface area contributed by atoms with Crippen LogP contribution in [0.15, 0.2) is 95.3 Å². The molecule has 0 spiro atoms. The minimum Gasteiger partial charge on any atom is -0.283 e. The van der Waals surface area contributed by atoms with Crippen LogP contribution >= 0.6 is 11.3 Å². The molecular formula is C23H20N4S. The van der Waals surface area contributed by atoms with Crippen molar-refractivity contribution in [3.05, 3.63) is 100 Å². The van der Waals surface area contributed by atoms with Gasteiger partial charge in [0, 0.05) is 16.8 Å². The van der Waals surface area contributed by atoms with Crippen LogP contribution in [0.5, 0.6) is 0 Å². The summed E-state index contributed by atoms with van der Waals surface area (Å²) in [5.41, 5.74) is 4.98. The summed E-state index contributed by atoms with van der Waals surface area (Å²) in [4.78, 5) is 6.37. The highest BCUT2D eigenvalue weighted by molar-refractivity contribution is 7.09. The summed E-state index contributed by atoms with van der Waals surface area (Å²) < 4.78 is 2.17. The van der Waals surface area contributed by atoms with Gasteiger partial charge in [0.1, 0.15) is 0 Å². The van der Waals surface area contributed by atoms with E-state index in [9.17, 15) is 0 Å². The predicted molar refractivity (Wildman–Crippen MR) is 116 cm³/mol. The van der Waals surface area contributed by atoms with Gasteiger partial charge in [-0.25, -0.2) is 0 Å². The average Bonchev–Trinajstić information content (AvgIpc) is 3.10. The molecule has 0 fully saturated rings. The van der Waals surface area contributed by atoms with Crippen molar-refractivity contribution in [2.24, 2.45) is 10.2 Å². The zero-order valence-corrected chi connectivity index (χ0v) is 16.6. The van der Waals surface area contributed by atoms with Crippen LogP contribution in [-0.2, 0) is 0 Å². The Hall–Kier alpha value is -3.31. The van der Waals surface area contributed by atoms with E-state index in [0.717, 1.165) is 33.2 Å². The van der Waals surface area contributed by atoms with Gasteiger partial charge in [0.2, 0.25) is 4.80 Å². The van der Waals surface area contributed by atoms with Gasteiger partial charge in [-0.05, 0) is 43.7 Å². The minimum atomic E-state index is 0.785. The number of hydrogen-bond donors (Lipinski definition) is 0. The molecule has 5 heteroatoms. The molecule has 0 saturated heterocycles. The highest BCUT2D eigenvalue weighted by Gasteiger charge is 2.14. The van der Waals surface area contributed by atoms with Crippen molar-refractivity contribution in [2.75, 3.05) is 0 Å². The van der Waals surface area contributed by atoms with Gasteiger partial charge in [-0.2, -0.15) is 5.10 Å². The fourth-order valence-corrected chi connectivity index (χ4v) is 3.99. The third-order valence-corrected chi connectivity index (χ3v) is 5.32. The van der Waals surface area contributed by atoms with Gasteiger partial charge in [0.15, 0.2) is 0 Å². The molecule has 138 valence electrons. The van der Waals surface area contributed by atoms with Crippen molar-refractivity contribution in [2.45, 2.75) is 13.8 Å². The van der Waals surface area contributed by atoms with Crippen LogP contribution < -0.4 is 4.80 Å².